The molecule has 8 unspecified atom stereocenters. The molecule has 5 aliphatic rings. The Morgan fingerprint density at radius 1 is 0.833 bits per heavy atom. The van der Waals surface area contributed by atoms with Gasteiger partial charge in [0.15, 0.2) is 12.6 Å². The number of ether oxygens (including phenoxy) is 6. The largest absolute Gasteiger partial charge is 0.396 e. The van der Waals surface area contributed by atoms with E-state index in [1.54, 1.807) is 11.8 Å². The molecule has 8 N–H and O–H groups in total. The Kier molecular flexibility index (Phi) is 19.7. The minimum absolute atomic E-state index is 0.0842. The lowest BCUT2D eigenvalue weighted by atomic mass is 9.75. The highest BCUT2D eigenvalue weighted by molar-refractivity contribution is 5.81. The van der Waals surface area contributed by atoms with E-state index in [0.29, 0.717) is 52.0 Å². The Bertz CT molecular complexity index is 1320. The van der Waals surface area contributed by atoms with Gasteiger partial charge in [0.1, 0.15) is 48.8 Å². The molecule has 2 saturated carbocycles. The van der Waals surface area contributed by atoms with Crippen molar-refractivity contribution < 1.29 is 73.4 Å². The molecular weight excluding hydrogens is 786 g/mol. The van der Waals surface area contributed by atoms with E-state index in [0.717, 1.165) is 51.4 Å². The first-order valence-corrected chi connectivity index (χ1v) is 22.5. The van der Waals surface area contributed by atoms with Gasteiger partial charge in [0.05, 0.1) is 31.5 Å². The van der Waals surface area contributed by atoms with Crippen LogP contribution in [0.25, 0.3) is 0 Å². The summed E-state index contributed by atoms with van der Waals surface area (Å²) >= 11 is 0. The Labute approximate surface area is 353 Å². The number of hydrogen-bond donors (Lipinski definition) is 8. The third-order valence-corrected chi connectivity index (χ3v) is 13.0. The van der Waals surface area contributed by atoms with Crippen molar-refractivity contribution in [3.05, 3.63) is 0 Å². The average molecular weight is 860 g/mol. The highest BCUT2D eigenvalue weighted by Gasteiger charge is 2.53. The number of rotatable bonds is 21. The number of amides is 3. The first-order chi connectivity index (χ1) is 28.9. The zero-order chi connectivity index (χ0) is 43.3. The van der Waals surface area contributed by atoms with E-state index in [-0.39, 0.29) is 43.2 Å². The van der Waals surface area contributed by atoms with Crippen LogP contribution in [-0.4, -0.2) is 179 Å². The minimum Gasteiger partial charge on any atom is -0.396 e. The quantitative estimate of drug-likeness (QED) is 0.0700. The van der Waals surface area contributed by atoms with E-state index in [9.17, 15) is 39.9 Å². The summed E-state index contributed by atoms with van der Waals surface area (Å²) in [4.78, 5) is 42.3. The molecule has 3 saturated heterocycles. The van der Waals surface area contributed by atoms with Crippen molar-refractivity contribution in [1.29, 1.82) is 0 Å². The molecular formula is C42H73N3O15. The van der Waals surface area contributed by atoms with E-state index in [1.807, 2.05) is 6.92 Å². The van der Waals surface area contributed by atoms with Crippen LogP contribution >= 0.6 is 0 Å². The molecule has 60 heavy (non-hydrogen) atoms. The van der Waals surface area contributed by atoms with Gasteiger partial charge in [-0.25, -0.2) is 0 Å². The summed E-state index contributed by atoms with van der Waals surface area (Å²) in [6, 6.07) is -1.18. The van der Waals surface area contributed by atoms with Crippen molar-refractivity contribution >= 4 is 17.7 Å². The van der Waals surface area contributed by atoms with Gasteiger partial charge in [0.25, 0.3) is 5.91 Å². The number of aliphatic hydroxyl groups excluding tert-OH is 6. The Morgan fingerprint density at radius 3 is 2.23 bits per heavy atom. The van der Waals surface area contributed by atoms with Crippen LogP contribution in [0.2, 0.25) is 0 Å². The molecule has 5 rings (SSSR count). The van der Waals surface area contributed by atoms with Gasteiger partial charge in [0.2, 0.25) is 11.8 Å². The van der Waals surface area contributed by atoms with Crippen molar-refractivity contribution in [3.8, 4) is 0 Å². The number of hydrogen-bond acceptors (Lipinski definition) is 15. The van der Waals surface area contributed by atoms with Crippen LogP contribution < -0.4 is 10.6 Å². The van der Waals surface area contributed by atoms with Gasteiger partial charge in [0, 0.05) is 45.7 Å². The second-order valence-corrected chi connectivity index (χ2v) is 17.4. The first kappa shape index (κ1) is 49.0. The third kappa shape index (κ3) is 13.0. The monoisotopic (exact) mass is 860 g/mol. The lowest BCUT2D eigenvalue weighted by Gasteiger charge is -2.49. The van der Waals surface area contributed by atoms with Gasteiger partial charge in [-0.3, -0.25) is 14.4 Å². The number of carbonyl (C=O) groups excluding carboxylic acids is 3. The average Bonchev–Trinajstić information content (AvgIpc) is 3.21. The maximum atomic E-state index is 13.9. The first-order valence-electron chi connectivity index (χ1n) is 22.5. The summed E-state index contributed by atoms with van der Waals surface area (Å²) < 4.78 is 37.6. The Morgan fingerprint density at radius 2 is 1.58 bits per heavy atom. The number of nitrogens with one attached hydrogen (secondary N) is 2. The standard InChI is InChI=1S/C42H73N3O15/c1-4-27-21-28(39(53)43-14-19-55-18-10-6-9-17-46)22-29(37(27)60-42-36(52)35(51)33(49)24(2)56-42)58-41-32(44-25(3)48)38(34(50)31(23-47)59-41)57-30(40(54)45-15-11-16-45)20-26-12-7-5-8-13-26/h24,26-38,41-42,46-47,49-52H,4-23H2,1-3H3,(H,43,53)(H,44,48)/t24?,27?,28-,29+,30-,31?,32?,33+,34-,35?,36?,37?,38?,41+,42-/m0/s1. The van der Waals surface area contributed by atoms with Crippen LogP contribution in [0, 0.1) is 17.8 Å². The number of aliphatic hydroxyl groups is 6. The Balaban J connectivity index is 1.40. The normalized spacial score (nSPS) is 36.9. The molecule has 15 atom stereocenters. The second kappa shape index (κ2) is 24.1. The lowest BCUT2D eigenvalue weighted by Crippen LogP contribution is -2.67. The maximum Gasteiger partial charge on any atom is 0.251 e. The minimum atomic E-state index is -1.62. The van der Waals surface area contributed by atoms with Crippen molar-refractivity contribution in [2.45, 2.75) is 184 Å². The summed E-state index contributed by atoms with van der Waals surface area (Å²) in [6.07, 6.45) is -5.19. The summed E-state index contributed by atoms with van der Waals surface area (Å²) in [6.45, 7) is 6.52. The molecule has 0 radical (unpaired) electrons. The molecule has 0 aromatic rings. The molecule has 0 spiro atoms. The van der Waals surface area contributed by atoms with Crippen molar-refractivity contribution in [2.75, 3.05) is 46.1 Å². The van der Waals surface area contributed by atoms with Crippen LogP contribution in [0.15, 0.2) is 0 Å². The van der Waals surface area contributed by atoms with Crippen LogP contribution in [0.5, 0.6) is 0 Å². The number of nitrogens with zero attached hydrogens (tertiary/aromatic N) is 1. The zero-order valence-corrected chi connectivity index (χ0v) is 35.7. The van der Waals surface area contributed by atoms with E-state index < -0.39 is 98.1 Å². The molecule has 5 fully saturated rings. The van der Waals surface area contributed by atoms with Gasteiger partial charge in [-0.15, -0.1) is 0 Å². The van der Waals surface area contributed by atoms with Crippen LogP contribution in [0.3, 0.4) is 0 Å². The fraction of sp³-hybridized carbons (Fsp3) is 0.929. The summed E-state index contributed by atoms with van der Waals surface area (Å²) in [5.41, 5.74) is 0. The van der Waals surface area contributed by atoms with Crippen LogP contribution in [0.1, 0.15) is 104 Å². The van der Waals surface area contributed by atoms with E-state index in [1.165, 1.54) is 6.92 Å². The van der Waals surface area contributed by atoms with E-state index >= 15 is 0 Å². The van der Waals surface area contributed by atoms with Crippen molar-refractivity contribution in [1.82, 2.24) is 15.5 Å². The molecule has 2 aliphatic carbocycles. The third-order valence-electron chi connectivity index (χ3n) is 13.0. The Hall–Kier alpha value is -2.07. The molecule has 346 valence electrons. The maximum absolute atomic E-state index is 13.9. The topological polar surface area (TPSA) is 255 Å². The predicted molar refractivity (Wildman–Crippen MR) is 214 cm³/mol. The van der Waals surface area contributed by atoms with Gasteiger partial charge >= 0.3 is 0 Å². The fourth-order valence-electron chi connectivity index (χ4n) is 9.30. The van der Waals surface area contributed by atoms with Crippen LogP contribution in [-0.2, 0) is 42.8 Å². The lowest BCUT2D eigenvalue weighted by molar-refractivity contribution is -0.338. The van der Waals surface area contributed by atoms with Gasteiger partial charge in [-0.1, -0.05) is 45.4 Å². The highest BCUT2D eigenvalue weighted by atomic mass is 16.7. The summed E-state index contributed by atoms with van der Waals surface area (Å²) in [5.74, 6) is -1.63. The van der Waals surface area contributed by atoms with Crippen molar-refractivity contribution in [2.24, 2.45) is 17.8 Å². The molecule has 3 amide bonds. The summed E-state index contributed by atoms with van der Waals surface area (Å²) in [5, 5.41) is 69.0. The summed E-state index contributed by atoms with van der Waals surface area (Å²) in [7, 11) is 0. The number of unbranched alkanes of at least 4 members (excludes halogenated alkanes) is 2. The van der Waals surface area contributed by atoms with E-state index in [4.69, 9.17) is 33.5 Å². The molecule has 18 heteroatoms. The number of carbonyl (C=O) groups is 3. The molecule has 0 aromatic carbocycles. The molecule has 0 bridgehead atoms. The molecule has 3 heterocycles. The predicted octanol–water partition coefficient (Wildman–Crippen LogP) is -0.145. The molecule has 3 aliphatic heterocycles. The number of likely N-dealkylation sites (tertiary alicyclic amines) is 1. The molecule has 18 nitrogen and oxygen atoms in total. The second-order valence-electron chi connectivity index (χ2n) is 17.4. The smallest absolute Gasteiger partial charge is 0.251 e. The zero-order valence-electron chi connectivity index (χ0n) is 35.7. The van der Waals surface area contributed by atoms with Gasteiger partial charge in [-0.05, 0) is 63.7 Å². The SMILES string of the molecule is CCC1C[C@H](C(=O)NCCOCCCCCO)C[C@@H](O[C@@H]2OC(CO)[C@H](O)C(O[C@@H](CC3CCCCC3)C(=O)N3CCC3)C2NC(C)=O)C1O[C@@H]1OC(C)[C@@H](O)C(O)C1O. The molecule has 0 aromatic heterocycles. The van der Waals surface area contributed by atoms with E-state index in [2.05, 4.69) is 10.6 Å². The van der Waals surface area contributed by atoms with Crippen molar-refractivity contribution in [3.63, 3.8) is 0 Å². The highest BCUT2D eigenvalue weighted by Crippen LogP contribution is 2.40. The fourth-order valence-corrected chi connectivity index (χ4v) is 9.30. The van der Waals surface area contributed by atoms with Gasteiger partial charge < -0.3 is 74.6 Å². The van der Waals surface area contributed by atoms with Gasteiger partial charge in [-0.2, -0.15) is 0 Å². The van der Waals surface area contributed by atoms with Crippen LogP contribution in [0.4, 0.5) is 0 Å².